The Labute approximate surface area is 170 Å². The zero-order valence-corrected chi connectivity index (χ0v) is 17.9. The van der Waals surface area contributed by atoms with E-state index in [-0.39, 0.29) is 48.1 Å². The molecular weight excluding hydrogens is 376 g/mol. The number of carbonyl (C=O) groups excluding carboxylic acids is 3. The molecule has 1 aromatic carbocycles. The van der Waals surface area contributed by atoms with Crippen LogP contribution in [0.25, 0.3) is 0 Å². The smallest absolute Gasteiger partial charge is 0.316 e. The number of allylic oxidation sites excluding steroid dienone is 2. The Hall–Kier alpha value is -2.28. The number of carbonyl (C=O) groups is 3. The molecule has 4 N–H and O–H groups in total. The maximum absolute atomic E-state index is 12.6. The molecular formula is C21H28N2O4S. The SMILES string of the molecule is CCSc1c(C)c(NC(N)=O)c(C)c(C2CC(=O)C(=C(O)CC)C(=O)C2)c1C. The van der Waals surface area contributed by atoms with Crippen LogP contribution in [0, 0.1) is 20.8 Å². The molecule has 0 aliphatic heterocycles. The van der Waals surface area contributed by atoms with Gasteiger partial charge in [0.25, 0.3) is 0 Å². The molecule has 2 amide bonds. The van der Waals surface area contributed by atoms with Crippen LogP contribution in [-0.4, -0.2) is 28.5 Å². The van der Waals surface area contributed by atoms with E-state index in [1.807, 2.05) is 27.7 Å². The molecule has 28 heavy (non-hydrogen) atoms. The van der Waals surface area contributed by atoms with Gasteiger partial charge in [-0.15, -0.1) is 11.8 Å². The van der Waals surface area contributed by atoms with Gasteiger partial charge < -0.3 is 16.2 Å². The van der Waals surface area contributed by atoms with E-state index in [9.17, 15) is 19.5 Å². The highest BCUT2D eigenvalue weighted by atomic mass is 32.2. The first-order valence-corrected chi connectivity index (χ1v) is 10.4. The van der Waals surface area contributed by atoms with E-state index in [1.165, 1.54) is 0 Å². The van der Waals surface area contributed by atoms with Crippen molar-refractivity contribution in [2.24, 2.45) is 5.73 Å². The van der Waals surface area contributed by atoms with Crippen LogP contribution >= 0.6 is 11.8 Å². The minimum atomic E-state index is -0.651. The van der Waals surface area contributed by atoms with Crippen LogP contribution in [0.5, 0.6) is 0 Å². The molecule has 2 rings (SSSR count). The minimum Gasteiger partial charge on any atom is -0.511 e. The molecule has 0 radical (unpaired) electrons. The molecule has 1 aromatic rings. The van der Waals surface area contributed by atoms with Crippen LogP contribution in [0.4, 0.5) is 10.5 Å². The molecule has 1 aliphatic rings. The molecule has 0 aromatic heterocycles. The Morgan fingerprint density at radius 3 is 2.14 bits per heavy atom. The lowest BCUT2D eigenvalue weighted by Crippen LogP contribution is -2.28. The monoisotopic (exact) mass is 404 g/mol. The molecule has 0 saturated heterocycles. The van der Waals surface area contributed by atoms with Crippen LogP contribution in [0.3, 0.4) is 0 Å². The number of aliphatic hydroxyl groups is 1. The number of aliphatic hydroxyl groups excluding tert-OH is 1. The topological polar surface area (TPSA) is 109 Å². The molecule has 152 valence electrons. The summed E-state index contributed by atoms with van der Waals surface area (Å²) in [4.78, 5) is 37.8. The second-order valence-corrected chi connectivity index (χ2v) is 8.32. The number of urea groups is 1. The predicted molar refractivity (Wildman–Crippen MR) is 112 cm³/mol. The highest BCUT2D eigenvalue weighted by Gasteiger charge is 2.36. The zero-order chi connectivity index (χ0) is 21.2. The quantitative estimate of drug-likeness (QED) is 0.291. The third-order valence-corrected chi connectivity index (χ3v) is 6.42. The van der Waals surface area contributed by atoms with Gasteiger partial charge in [-0.25, -0.2) is 4.79 Å². The third kappa shape index (κ3) is 4.09. The maximum Gasteiger partial charge on any atom is 0.316 e. The van der Waals surface area contributed by atoms with Crippen molar-refractivity contribution in [3.05, 3.63) is 33.6 Å². The summed E-state index contributed by atoms with van der Waals surface area (Å²) in [6, 6.07) is -0.651. The summed E-state index contributed by atoms with van der Waals surface area (Å²) in [5, 5.41) is 12.7. The number of thioether (sulfide) groups is 1. The lowest BCUT2D eigenvalue weighted by molar-refractivity contribution is -0.124. The Bertz CT molecular complexity index is 854. The van der Waals surface area contributed by atoms with Gasteiger partial charge in [0.15, 0.2) is 11.6 Å². The lowest BCUT2D eigenvalue weighted by Gasteiger charge is -2.29. The number of nitrogens with one attached hydrogen (secondary N) is 1. The summed E-state index contributed by atoms with van der Waals surface area (Å²) >= 11 is 1.66. The fraction of sp³-hybridized carbons (Fsp3) is 0.476. The number of nitrogens with two attached hydrogens (primary N) is 1. The number of anilines is 1. The van der Waals surface area contributed by atoms with Crippen molar-refractivity contribution in [1.82, 2.24) is 0 Å². The number of benzene rings is 1. The molecule has 1 saturated carbocycles. The van der Waals surface area contributed by atoms with E-state index >= 15 is 0 Å². The second kappa shape index (κ2) is 8.82. The van der Waals surface area contributed by atoms with Gasteiger partial charge in [0.05, 0.1) is 5.57 Å². The van der Waals surface area contributed by atoms with Crippen LogP contribution in [0.15, 0.2) is 16.2 Å². The second-order valence-electron chi connectivity index (χ2n) is 7.04. The molecule has 6 nitrogen and oxygen atoms in total. The van der Waals surface area contributed by atoms with E-state index < -0.39 is 6.03 Å². The molecule has 0 heterocycles. The van der Waals surface area contributed by atoms with E-state index in [2.05, 4.69) is 5.32 Å². The van der Waals surface area contributed by atoms with E-state index in [1.54, 1.807) is 18.7 Å². The Morgan fingerprint density at radius 1 is 1.11 bits per heavy atom. The first-order valence-electron chi connectivity index (χ1n) is 9.45. The summed E-state index contributed by atoms with van der Waals surface area (Å²) in [5.74, 6) is -0.231. The van der Waals surface area contributed by atoms with Crippen LogP contribution in [-0.2, 0) is 9.59 Å². The largest absolute Gasteiger partial charge is 0.511 e. The van der Waals surface area contributed by atoms with Crippen molar-refractivity contribution in [1.29, 1.82) is 0 Å². The van der Waals surface area contributed by atoms with Gasteiger partial charge >= 0.3 is 6.03 Å². The lowest BCUT2D eigenvalue weighted by atomic mass is 9.76. The van der Waals surface area contributed by atoms with Gasteiger partial charge in [-0.05, 0) is 54.7 Å². The number of hydrogen-bond acceptors (Lipinski definition) is 5. The molecule has 1 fully saturated rings. The Balaban J connectivity index is 2.62. The van der Waals surface area contributed by atoms with Crippen LogP contribution < -0.4 is 11.1 Å². The summed E-state index contributed by atoms with van der Waals surface area (Å²) in [7, 11) is 0. The summed E-state index contributed by atoms with van der Waals surface area (Å²) < 4.78 is 0. The standard InChI is InChI=1S/C21H28N2O4S/c1-6-14(24)18-15(25)8-13(9-16(18)26)17-10(3)19(23-21(22)27)12(5)20(11(17)4)28-7-2/h13,24H,6-9H2,1-5H3,(H3,22,23,27). The number of rotatable bonds is 5. The number of hydrogen-bond donors (Lipinski definition) is 3. The first-order chi connectivity index (χ1) is 13.1. The van der Waals surface area contributed by atoms with Crippen molar-refractivity contribution < 1.29 is 19.5 Å². The van der Waals surface area contributed by atoms with E-state index in [0.29, 0.717) is 5.69 Å². The van der Waals surface area contributed by atoms with E-state index in [0.717, 1.165) is 32.9 Å². The molecule has 0 bridgehead atoms. The Kier molecular flexibility index (Phi) is 6.93. The minimum absolute atomic E-state index is 0.0557. The van der Waals surface area contributed by atoms with Gasteiger partial charge in [-0.2, -0.15) is 0 Å². The average Bonchev–Trinajstić information content (AvgIpc) is 2.61. The van der Waals surface area contributed by atoms with Gasteiger partial charge in [0, 0.05) is 29.8 Å². The third-order valence-electron chi connectivity index (χ3n) is 5.23. The molecule has 7 heteroatoms. The summed E-state index contributed by atoms with van der Waals surface area (Å²) in [6.07, 6.45) is 0.564. The van der Waals surface area contributed by atoms with E-state index in [4.69, 9.17) is 5.73 Å². The van der Waals surface area contributed by atoms with Crippen molar-refractivity contribution in [2.45, 2.75) is 64.7 Å². The molecule has 0 unspecified atom stereocenters. The fourth-order valence-electron chi connectivity index (χ4n) is 4.08. The van der Waals surface area contributed by atoms with Crippen LogP contribution in [0.2, 0.25) is 0 Å². The number of Topliss-reactive ketones (excluding diaryl/α,β-unsaturated/α-hetero) is 2. The van der Waals surface area contributed by atoms with Crippen LogP contribution in [0.1, 0.15) is 61.3 Å². The highest BCUT2D eigenvalue weighted by Crippen LogP contribution is 2.43. The van der Waals surface area contributed by atoms with Crippen molar-refractivity contribution in [3.8, 4) is 0 Å². The number of ketones is 2. The summed E-state index contributed by atoms with van der Waals surface area (Å²) in [5.41, 5.74) is 9.64. The molecule has 0 atom stereocenters. The van der Waals surface area contributed by atoms with Crippen molar-refractivity contribution >= 4 is 35.0 Å². The predicted octanol–water partition coefficient (Wildman–Crippen LogP) is 4.45. The zero-order valence-electron chi connectivity index (χ0n) is 17.1. The number of amides is 2. The summed E-state index contributed by atoms with van der Waals surface area (Å²) in [6.45, 7) is 9.56. The molecule has 1 aliphatic carbocycles. The van der Waals surface area contributed by atoms with Crippen molar-refractivity contribution in [2.75, 3.05) is 11.1 Å². The first kappa shape index (κ1) is 22.0. The van der Waals surface area contributed by atoms with Gasteiger partial charge in [0.1, 0.15) is 5.76 Å². The van der Waals surface area contributed by atoms with Gasteiger partial charge in [-0.3, -0.25) is 9.59 Å². The Morgan fingerprint density at radius 2 is 1.68 bits per heavy atom. The van der Waals surface area contributed by atoms with Gasteiger partial charge in [0.2, 0.25) is 0 Å². The fourth-order valence-corrected chi connectivity index (χ4v) is 5.01. The normalized spacial score (nSPS) is 17.0. The molecule has 0 spiro atoms. The van der Waals surface area contributed by atoms with Crippen molar-refractivity contribution in [3.63, 3.8) is 0 Å². The average molecular weight is 405 g/mol. The maximum atomic E-state index is 12.6. The number of primary amides is 1. The van der Waals surface area contributed by atoms with Gasteiger partial charge in [-0.1, -0.05) is 13.8 Å². The highest BCUT2D eigenvalue weighted by molar-refractivity contribution is 7.99.